The molecule has 27 heavy (non-hydrogen) atoms. The number of sulfonamides is 1. The molecule has 1 unspecified atom stereocenters. The first kappa shape index (κ1) is 21.1. The minimum atomic E-state index is -3.57. The largest absolute Gasteiger partial charge is 0.380 e. The van der Waals surface area contributed by atoms with E-state index in [4.69, 9.17) is 4.74 Å². The molecule has 2 aromatic carbocycles. The summed E-state index contributed by atoms with van der Waals surface area (Å²) in [4.78, 5) is 12.4. The summed E-state index contributed by atoms with van der Waals surface area (Å²) in [5.74, 6) is -0.255. The summed E-state index contributed by atoms with van der Waals surface area (Å²) in [6.07, 6.45) is 0.701. The molecule has 0 aliphatic rings. The van der Waals surface area contributed by atoms with Gasteiger partial charge in [-0.2, -0.15) is 0 Å². The lowest BCUT2D eigenvalue weighted by atomic mass is 10.1. The van der Waals surface area contributed by atoms with E-state index in [0.717, 1.165) is 11.1 Å². The van der Waals surface area contributed by atoms with Crippen LogP contribution in [0.3, 0.4) is 0 Å². The van der Waals surface area contributed by atoms with Crippen molar-refractivity contribution in [3.8, 4) is 0 Å². The van der Waals surface area contributed by atoms with Gasteiger partial charge in [-0.15, -0.1) is 0 Å². The van der Waals surface area contributed by atoms with Crippen molar-refractivity contribution in [2.24, 2.45) is 0 Å². The van der Waals surface area contributed by atoms with Gasteiger partial charge in [-0.25, -0.2) is 13.1 Å². The zero-order valence-electron chi connectivity index (χ0n) is 15.9. The molecule has 6 nitrogen and oxygen atoms in total. The Hall–Kier alpha value is -2.22. The standard InChI is InChI=1S/C20H26N2O4S/c1-4-15(2)22-27(24,25)19-11-9-18(10-12-19)20(23)21-13-16-5-7-17(8-6-16)14-26-3/h5-12,15,22H,4,13-14H2,1-3H3,(H,21,23). The van der Waals surface area contributed by atoms with E-state index in [1.165, 1.54) is 24.3 Å². The number of nitrogens with one attached hydrogen (secondary N) is 2. The van der Waals surface area contributed by atoms with Gasteiger partial charge < -0.3 is 10.1 Å². The SMILES string of the molecule is CCC(C)NS(=O)(=O)c1ccc(C(=O)NCc2ccc(COC)cc2)cc1. The van der Waals surface area contributed by atoms with Crippen molar-refractivity contribution in [2.45, 2.75) is 44.4 Å². The number of rotatable bonds is 9. The van der Waals surface area contributed by atoms with Crippen LogP contribution in [0, 0.1) is 0 Å². The molecule has 2 N–H and O–H groups in total. The quantitative estimate of drug-likeness (QED) is 0.690. The van der Waals surface area contributed by atoms with Crippen LogP contribution in [0.5, 0.6) is 0 Å². The van der Waals surface area contributed by atoms with Gasteiger partial charge in [0.05, 0.1) is 11.5 Å². The molecule has 0 aliphatic heterocycles. The Balaban J connectivity index is 1.97. The fourth-order valence-corrected chi connectivity index (χ4v) is 3.73. The molecule has 0 saturated heterocycles. The summed E-state index contributed by atoms with van der Waals surface area (Å²) in [6.45, 7) is 4.66. The van der Waals surface area contributed by atoms with E-state index >= 15 is 0 Å². The summed E-state index contributed by atoms with van der Waals surface area (Å²) in [5, 5.41) is 2.83. The number of methoxy groups -OCH3 is 1. The molecule has 2 aromatic rings. The van der Waals surface area contributed by atoms with Gasteiger partial charge in [0, 0.05) is 25.3 Å². The molecule has 2 rings (SSSR count). The van der Waals surface area contributed by atoms with Crippen LogP contribution in [0.4, 0.5) is 0 Å². The van der Waals surface area contributed by atoms with Crippen LogP contribution in [0.1, 0.15) is 41.8 Å². The number of hydrogen-bond donors (Lipinski definition) is 2. The first-order valence-corrected chi connectivity index (χ1v) is 10.3. The summed E-state index contributed by atoms with van der Waals surface area (Å²) in [7, 11) is -1.93. The average molecular weight is 391 g/mol. The van der Waals surface area contributed by atoms with Gasteiger partial charge >= 0.3 is 0 Å². The van der Waals surface area contributed by atoms with E-state index in [0.29, 0.717) is 25.1 Å². The topological polar surface area (TPSA) is 84.5 Å². The van der Waals surface area contributed by atoms with Crippen LogP contribution in [-0.2, 0) is 27.9 Å². The molecule has 1 atom stereocenters. The van der Waals surface area contributed by atoms with E-state index in [9.17, 15) is 13.2 Å². The van der Waals surface area contributed by atoms with Gasteiger partial charge in [0.15, 0.2) is 0 Å². The molecule has 0 saturated carbocycles. The number of hydrogen-bond acceptors (Lipinski definition) is 4. The lowest BCUT2D eigenvalue weighted by Gasteiger charge is -2.12. The molecule has 1 amide bonds. The normalized spacial score (nSPS) is 12.6. The Labute approximate surface area is 161 Å². The van der Waals surface area contributed by atoms with E-state index in [-0.39, 0.29) is 16.8 Å². The summed E-state index contributed by atoms with van der Waals surface area (Å²) < 4.78 is 32.2. The predicted octanol–water partition coefficient (Wildman–Crippen LogP) is 2.84. The Morgan fingerprint density at radius 1 is 1.04 bits per heavy atom. The van der Waals surface area contributed by atoms with Gasteiger partial charge in [0.1, 0.15) is 0 Å². The minimum Gasteiger partial charge on any atom is -0.380 e. The van der Waals surface area contributed by atoms with E-state index in [1.54, 1.807) is 14.0 Å². The maximum Gasteiger partial charge on any atom is 0.251 e. The van der Waals surface area contributed by atoms with E-state index in [2.05, 4.69) is 10.0 Å². The highest BCUT2D eigenvalue weighted by Crippen LogP contribution is 2.12. The fraction of sp³-hybridized carbons (Fsp3) is 0.350. The van der Waals surface area contributed by atoms with Crippen molar-refractivity contribution in [1.82, 2.24) is 10.0 Å². The van der Waals surface area contributed by atoms with Crippen LogP contribution in [0.2, 0.25) is 0 Å². The van der Waals surface area contributed by atoms with E-state index < -0.39 is 10.0 Å². The summed E-state index contributed by atoms with van der Waals surface area (Å²) >= 11 is 0. The van der Waals surface area contributed by atoms with Crippen molar-refractivity contribution in [1.29, 1.82) is 0 Å². The Morgan fingerprint density at radius 2 is 1.63 bits per heavy atom. The van der Waals surface area contributed by atoms with Crippen LogP contribution < -0.4 is 10.0 Å². The van der Waals surface area contributed by atoms with Crippen LogP contribution in [0.15, 0.2) is 53.4 Å². The van der Waals surface area contributed by atoms with Crippen molar-refractivity contribution < 1.29 is 17.9 Å². The minimum absolute atomic E-state index is 0.145. The summed E-state index contributed by atoms with van der Waals surface area (Å²) in [5.41, 5.74) is 2.45. The van der Waals surface area contributed by atoms with Gasteiger partial charge in [-0.3, -0.25) is 4.79 Å². The molecule has 7 heteroatoms. The zero-order valence-corrected chi connectivity index (χ0v) is 16.7. The Morgan fingerprint density at radius 3 is 2.19 bits per heavy atom. The van der Waals surface area contributed by atoms with Gasteiger partial charge in [0.25, 0.3) is 5.91 Å². The van der Waals surface area contributed by atoms with Crippen LogP contribution >= 0.6 is 0 Å². The van der Waals surface area contributed by atoms with Crippen molar-refractivity contribution in [3.63, 3.8) is 0 Å². The van der Waals surface area contributed by atoms with Crippen molar-refractivity contribution in [2.75, 3.05) is 7.11 Å². The molecular weight excluding hydrogens is 364 g/mol. The number of amides is 1. The third-order valence-corrected chi connectivity index (χ3v) is 5.79. The molecular formula is C20H26N2O4S. The lowest BCUT2D eigenvalue weighted by Crippen LogP contribution is -2.32. The average Bonchev–Trinajstić information content (AvgIpc) is 2.67. The summed E-state index contributed by atoms with van der Waals surface area (Å²) in [6, 6.07) is 13.6. The van der Waals surface area contributed by atoms with Crippen LogP contribution in [0.25, 0.3) is 0 Å². The maximum atomic E-state index is 12.3. The number of carbonyl (C=O) groups excluding carboxylic acids is 1. The molecule has 0 radical (unpaired) electrons. The second kappa shape index (κ2) is 9.64. The second-order valence-corrected chi connectivity index (χ2v) is 8.10. The van der Waals surface area contributed by atoms with E-state index in [1.807, 2.05) is 31.2 Å². The highest BCUT2D eigenvalue weighted by atomic mass is 32.2. The molecule has 0 aromatic heterocycles. The first-order valence-electron chi connectivity index (χ1n) is 8.83. The van der Waals surface area contributed by atoms with Crippen molar-refractivity contribution >= 4 is 15.9 Å². The van der Waals surface area contributed by atoms with Gasteiger partial charge in [0.2, 0.25) is 10.0 Å². The Bertz CT molecular complexity index is 847. The highest BCUT2D eigenvalue weighted by Gasteiger charge is 2.17. The number of carbonyl (C=O) groups is 1. The number of ether oxygens (including phenoxy) is 1. The van der Waals surface area contributed by atoms with Crippen molar-refractivity contribution in [3.05, 3.63) is 65.2 Å². The molecule has 0 aliphatic carbocycles. The molecule has 146 valence electrons. The first-order chi connectivity index (χ1) is 12.9. The van der Waals surface area contributed by atoms with Crippen LogP contribution in [-0.4, -0.2) is 27.5 Å². The van der Waals surface area contributed by atoms with Gasteiger partial charge in [-0.1, -0.05) is 31.2 Å². The Kier molecular flexibility index (Phi) is 7.53. The molecule has 0 bridgehead atoms. The molecule has 0 fully saturated rings. The predicted molar refractivity (Wildman–Crippen MR) is 105 cm³/mol. The lowest BCUT2D eigenvalue weighted by molar-refractivity contribution is 0.0951. The number of benzene rings is 2. The maximum absolute atomic E-state index is 12.3. The smallest absolute Gasteiger partial charge is 0.251 e. The fourth-order valence-electron chi connectivity index (χ4n) is 2.41. The third-order valence-electron chi connectivity index (χ3n) is 4.18. The monoisotopic (exact) mass is 390 g/mol. The second-order valence-electron chi connectivity index (χ2n) is 6.39. The zero-order chi connectivity index (χ0) is 19.9. The molecule has 0 spiro atoms. The van der Waals surface area contributed by atoms with Gasteiger partial charge in [-0.05, 0) is 48.7 Å². The highest BCUT2D eigenvalue weighted by molar-refractivity contribution is 7.89. The molecule has 0 heterocycles. The third kappa shape index (κ3) is 6.16.